The number of hydrogen-bond donors (Lipinski definition) is 0. The number of thiazole rings is 1. The maximum atomic E-state index is 13.4. The number of hydrogen-bond acceptors (Lipinski definition) is 5. The quantitative estimate of drug-likeness (QED) is 0.480. The van der Waals surface area contributed by atoms with Crippen molar-refractivity contribution in [3.8, 4) is 0 Å². The molecule has 2 heterocycles. The van der Waals surface area contributed by atoms with Crippen molar-refractivity contribution in [2.24, 2.45) is 0 Å². The Labute approximate surface area is 191 Å². The lowest BCUT2D eigenvalue weighted by Gasteiger charge is -2.34. The van der Waals surface area contributed by atoms with Crippen LogP contribution in [-0.4, -0.2) is 43.9 Å². The van der Waals surface area contributed by atoms with Crippen LogP contribution in [0.3, 0.4) is 0 Å². The molecule has 4 rings (SSSR count). The summed E-state index contributed by atoms with van der Waals surface area (Å²) in [7, 11) is -4.33. The van der Waals surface area contributed by atoms with Gasteiger partial charge in [-0.05, 0) is 29.8 Å². The highest BCUT2D eigenvalue weighted by Gasteiger charge is 2.39. The molecule has 1 aliphatic rings. The molecule has 0 amide bonds. The van der Waals surface area contributed by atoms with Gasteiger partial charge in [0.2, 0.25) is 10.0 Å². The van der Waals surface area contributed by atoms with Crippen molar-refractivity contribution >= 4 is 26.5 Å². The number of anilines is 1. The molecule has 1 fully saturated rings. The molecule has 1 aliphatic heterocycles. The Morgan fingerprint density at radius 3 is 2.24 bits per heavy atom. The van der Waals surface area contributed by atoms with E-state index in [0.717, 1.165) is 28.6 Å². The Balaban J connectivity index is 1.45. The van der Waals surface area contributed by atoms with E-state index in [4.69, 9.17) is 0 Å². The number of nitrogens with zero attached hydrogens (tertiary/aromatic N) is 3. The summed E-state index contributed by atoms with van der Waals surface area (Å²) in [5.74, 6) is -1.35. The van der Waals surface area contributed by atoms with E-state index in [-0.39, 0.29) is 32.6 Å². The summed E-state index contributed by atoms with van der Waals surface area (Å²) in [6.45, 7) is 0.487. The average molecular weight is 504 g/mol. The first kappa shape index (κ1) is 23.6. The summed E-state index contributed by atoms with van der Waals surface area (Å²) in [4.78, 5) is 5.54. The maximum Gasteiger partial charge on any atom is 0.417 e. The molecule has 0 unspecified atom stereocenters. The van der Waals surface area contributed by atoms with E-state index >= 15 is 0 Å². The van der Waals surface area contributed by atoms with E-state index in [1.165, 1.54) is 29.5 Å². The predicted octanol–water partition coefficient (Wildman–Crippen LogP) is 4.54. The highest BCUT2D eigenvalue weighted by Crippen LogP contribution is 2.35. The molecule has 0 bridgehead atoms. The standard InChI is InChI=1S/C21H18F5N3O2S2/c22-15-9-14(10-16(23)12-15)11-17-13-32-20(27-17)28-5-7-29(8-6-28)33(30,31)19-4-2-1-3-18(19)21(24,25)26/h1-4,9-10,12-13H,5-8,11H2. The summed E-state index contributed by atoms with van der Waals surface area (Å²) < 4.78 is 93.5. The average Bonchev–Trinajstić information content (AvgIpc) is 3.21. The monoisotopic (exact) mass is 503 g/mol. The summed E-state index contributed by atoms with van der Waals surface area (Å²) in [5.41, 5.74) is -0.150. The van der Waals surface area contributed by atoms with Crippen LogP contribution in [0, 0.1) is 11.6 Å². The minimum Gasteiger partial charge on any atom is -0.345 e. The second-order valence-corrected chi connectivity index (χ2v) is 10.2. The number of alkyl halides is 3. The molecule has 5 nitrogen and oxygen atoms in total. The molecule has 176 valence electrons. The molecule has 0 spiro atoms. The Morgan fingerprint density at radius 1 is 0.970 bits per heavy atom. The van der Waals surface area contributed by atoms with E-state index in [1.807, 2.05) is 4.90 Å². The zero-order valence-electron chi connectivity index (χ0n) is 17.0. The third-order valence-corrected chi connectivity index (χ3v) is 8.07. The van der Waals surface area contributed by atoms with Gasteiger partial charge in [0.1, 0.15) is 11.6 Å². The fraction of sp³-hybridized carbons (Fsp3) is 0.286. The number of rotatable bonds is 5. The second kappa shape index (κ2) is 8.99. The van der Waals surface area contributed by atoms with Gasteiger partial charge in [0, 0.05) is 44.0 Å². The fourth-order valence-electron chi connectivity index (χ4n) is 3.63. The van der Waals surface area contributed by atoms with Gasteiger partial charge < -0.3 is 4.90 Å². The molecule has 0 radical (unpaired) electrons. The normalized spacial score (nSPS) is 15.7. The number of benzene rings is 2. The van der Waals surface area contributed by atoms with Crippen molar-refractivity contribution < 1.29 is 30.4 Å². The van der Waals surface area contributed by atoms with Crippen molar-refractivity contribution in [2.45, 2.75) is 17.5 Å². The van der Waals surface area contributed by atoms with Gasteiger partial charge in [0.25, 0.3) is 0 Å². The summed E-state index contributed by atoms with van der Waals surface area (Å²) >= 11 is 1.31. The Hall–Kier alpha value is -2.57. The van der Waals surface area contributed by atoms with Crippen LogP contribution < -0.4 is 4.90 Å². The largest absolute Gasteiger partial charge is 0.417 e. The number of piperazine rings is 1. The van der Waals surface area contributed by atoms with E-state index in [9.17, 15) is 30.4 Å². The molecular formula is C21H18F5N3O2S2. The second-order valence-electron chi connectivity index (χ2n) is 7.46. The van der Waals surface area contributed by atoms with Crippen molar-refractivity contribution in [3.05, 3.63) is 76.3 Å². The van der Waals surface area contributed by atoms with Crippen LogP contribution >= 0.6 is 11.3 Å². The molecule has 1 saturated heterocycles. The first-order valence-corrected chi connectivity index (χ1v) is 12.2. The highest BCUT2D eigenvalue weighted by atomic mass is 32.2. The zero-order valence-corrected chi connectivity index (χ0v) is 18.7. The van der Waals surface area contributed by atoms with Crippen LogP contribution in [0.4, 0.5) is 27.1 Å². The number of aromatic nitrogens is 1. The molecule has 12 heteroatoms. The van der Waals surface area contributed by atoms with Crippen molar-refractivity contribution in [3.63, 3.8) is 0 Å². The first-order valence-electron chi connectivity index (χ1n) is 9.85. The molecular weight excluding hydrogens is 485 g/mol. The minimum absolute atomic E-state index is 0.00144. The van der Waals surface area contributed by atoms with Crippen LogP contribution in [0.1, 0.15) is 16.8 Å². The van der Waals surface area contributed by atoms with Crippen molar-refractivity contribution in [2.75, 3.05) is 31.1 Å². The number of sulfonamides is 1. The summed E-state index contributed by atoms with van der Waals surface area (Å²) in [6.07, 6.45) is -4.55. The van der Waals surface area contributed by atoms with Gasteiger partial charge in [0.15, 0.2) is 5.13 Å². The first-order chi connectivity index (χ1) is 15.5. The molecule has 0 atom stereocenters. The molecule has 0 saturated carbocycles. The third-order valence-electron chi connectivity index (χ3n) is 5.17. The molecule has 1 aromatic heterocycles. The lowest BCUT2D eigenvalue weighted by molar-refractivity contribution is -0.139. The molecule has 3 aromatic rings. The van der Waals surface area contributed by atoms with Gasteiger partial charge in [-0.1, -0.05) is 12.1 Å². The highest BCUT2D eigenvalue weighted by molar-refractivity contribution is 7.89. The van der Waals surface area contributed by atoms with E-state index in [1.54, 1.807) is 5.38 Å². The number of halogens is 5. The van der Waals surface area contributed by atoms with Gasteiger partial charge in [-0.25, -0.2) is 22.2 Å². The summed E-state index contributed by atoms with van der Waals surface area (Å²) in [5, 5.41) is 2.36. The maximum absolute atomic E-state index is 13.4. The van der Waals surface area contributed by atoms with Crippen LogP contribution in [0.2, 0.25) is 0 Å². The van der Waals surface area contributed by atoms with Crippen molar-refractivity contribution in [1.82, 2.24) is 9.29 Å². The van der Waals surface area contributed by atoms with Gasteiger partial charge in [-0.15, -0.1) is 11.3 Å². The topological polar surface area (TPSA) is 53.5 Å². The van der Waals surface area contributed by atoms with Gasteiger partial charge in [0.05, 0.1) is 16.2 Å². The molecule has 2 aromatic carbocycles. The summed E-state index contributed by atoms with van der Waals surface area (Å²) in [6, 6.07) is 7.38. The molecule has 0 aliphatic carbocycles. The van der Waals surface area contributed by atoms with Crippen LogP contribution in [0.5, 0.6) is 0 Å². The van der Waals surface area contributed by atoms with E-state index in [2.05, 4.69) is 4.98 Å². The Kier molecular flexibility index (Phi) is 6.43. The lowest BCUT2D eigenvalue weighted by Crippen LogP contribution is -2.49. The van der Waals surface area contributed by atoms with Crippen molar-refractivity contribution in [1.29, 1.82) is 0 Å². The smallest absolute Gasteiger partial charge is 0.345 e. The van der Waals surface area contributed by atoms with E-state index in [0.29, 0.717) is 16.4 Å². The SMILES string of the molecule is O=S(=O)(c1ccccc1C(F)(F)F)N1CCN(c2nc(Cc3cc(F)cc(F)c3)cs2)CC1. The van der Waals surface area contributed by atoms with Crippen LogP contribution in [0.15, 0.2) is 52.7 Å². The van der Waals surface area contributed by atoms with Gasteiger partial charge in [-0.2, -0.15) is 17.5 Å². The van der Waals surface area contributed by atoms with Gasteiger partial charge in [-0.3, -0.25) is 0 Å². The predicted molar refractivity (Wildman–Crippen MR) is 114 cm³/mol. The van der Waals surface area contributed by atoms with Crippen LogP contribution in [-0.2, 0) is 22.6 Å². The molecule has 0 N–H and O–H groups in total. The van der Waals surface area contributed by atoms with E-state index < -0.39 is 38.3 Å². The van der Waals surface area contributed by atoms with Gasteiger partial charge >= 0.3 is 6.18 Å². The Bertz CT molecular complexity index is 1230. The zero-order chi connectivity index (χ0) is 23.8. The minimum atomic E-state index is -4.78. The fourth-order valence-corrected chi connectivity index (χ4v) is 6.14. The lowest BCUT2D eigenvalue weighted by atomic mass is 10.1. The Morgan fingerprint density at radius 2 is 1.61 bits per heavy atom. The third kappa shape index (κ3) is 5.17. The van der Waals surface area contributed by atoms with Crippen LogP contribution in [0.25, 0.3) is 0 Å². The molecule has 33 heavy (non-hydrogen) atoms.